The average molecular weight is 414 g/mol. The van der Waals surface area contributed by atoms with Gasteiger partial charge in [-0.05, 0) is 14.0 Å². The molecule has 0 spiro atoms. The number of carbonyl (C=O) groups excluding carboxylic acids is 3. The molecule has 0 unspecified atom stereocenters. The van der Waals surface area contributed by atoms with Crippen LogP contribution >= 0.6 is 0 Å². The molecule has 2 fully saturated rings. The zero-order valence-electron chi connectivity index (χ0n) is 19.9. The highest BCUT2D eigenvalue weighted by atomic mass is 16.5. The Labute approximate surface area is 177 Å². The van der Waals surface area contributed by atoms with E-state index in [2.05, 4.69) is 11.9 Å². The van der Waals surface area contributed by atoms with Crippen LogP contribution in [0.25, 0.3) is 0 Å². The van der Waals surface area contributed by atoms with Crippen LogP contribution in [0.5, 0.6) is 0 Å². The molecule has 0 radical (unpaired) electrons. The quantitative estimate of drug-likeness (QED) is 0.709. The van der Waals surface area contributed by atoms with Crippen molar-refractivity contribution in [2.75, 3.05) is 59.5 Å². The Morgan fingerprint density at radius 3 is 1.31 bits per heavy atom. The molecule has 2 aliphatic rings. The van der Waals surface area contributed by atoms with Gasteiger partial charge in [-0.2, -0.15) is 0 Å². The molecular formula is C22H43N3O4. The van der Waals surface area contributed by atoms with Crippen LogP contribution < -0.4 is 0 Å². The van der Waals surface area contributed by atoms with Crippen molar-refractivity contribution in [2.24, 2.45) is 17.8 Å². The number of hydrogen-bond donors (Lipinski definition) is 0. The Bertz CT molecular complexity index is 492. The summed E-state index contributed by atoms with van der Waals surface area (Å²) in [7, 11) is 2.09. The van der Waals surface area contributed by atoms with Gasteiger partial charge in [0.25, 0.3) is 0 Å². The van der Waals surface area contributed by atoms with Crippen molar-refractivity contribution in [3.05, 3.63) is 0 Å². The summed E-state index contributed by atoms with van der Waals surface area (Å²) in [6, 6.07) is 0. The van der Waals surface area contributed by atoms with Gasteiger partial charge in [0.15, 0.2) is 0 Å². The number of piperazine rings is 1. The second kappa shape index (κ2) is 14.5. The summed E-state index contributed by atoms with van der Waals surface area (Å²) in [6.07, 6.45) is 0. The summed E-state index contributed by atoms with van der Waals surface area (Å²) in [5.41, 5.74) is 0. The minimum atomic E-state index is 0.119. The summed E-state index contributed by atoms with van der Waals surface area (Å²) < 4.78 is 5.14. The molecule has 0 aromatic heterocycles. The van der Waals surface area contributed by atoms with Crippen LogP contribution in [0.1, 0.15) is 48.5 Å². The fourth-order valence-corrected chi connectivity index (χ4v) is 2.54. The summed E-state index contributed by atoms with van der Waals surface area (Å²) in [6.45, 7) is 19.9. The zero-order valence-corrected chi connectivity index (χ0v) is 19.9. The van der Waals surface area contributed by atoms with Gasteiger partial charge in [0.1, 0.15) is 5.78 Å². The molecule has 0 N–H and O–H groups in total. The van der Waals surface area contributed by atoms with Crippen LogP contribution in [0.2, 0.25) is 0 Å². The number of rotatable bonds is 3. The fourth-order valence-electron chi connectivity index (χ4n) is 2.54. The lowest BCUT2D eigenvalue weighted by atomic mass is 10.1. The van der Waals surface area contributed by atoms with Crippen molar-refractivity contribution in [1.82, 2.24) is 14.7 Å². The van der Waals surface area contributed by atoms with Crippen LogP contribution in [0.3, 0.4) is 0 Å². The van der Waals surface area contributed by atoms with Crippen molar-refractivity contribution in [1.29, 1.82) is 0 Å². The Kier molecular flexibility index (Phi) is 13.8. The van der Waals surface area contributed by atoms with E-state index in [0.29, 0.717) is 19.1 Å². The number of ketones is 1. The Hall–Kier alpha value is -1.47. The first-order valence-electron chi connectivity index (χ1n) is 10.8. The maximum atomic E-state index is 11.5. The summed E-state index contributed by atoms with van der Waals surface area (Å²) >= 11 is 0. The number of nitrogens with zero attached hydrogens (tertiary/aromatic N) is 3. The van der Waals surface area contributed by atoms with Gasteiger partial charge in [-0.15, -0.1) is 0 Å². The highest BCUT2D eigenvalue weighted by molar-refractivity contribution is 5.78. The SMILES string of the molecule is CC(=O)C(C)C.CC(C)C(=O)N1CCN(C)CC1.CC(C)C(=O)N1CCOCC1. The number of ether oxygens (including phenoxy) is 1. The van der Waals surface area contributed by atoms with E-state index >= 15 is 0 Å². The molecule has 0 atom stereocenters. The zero-order chi connectivity index (χ0) is 22.6. The highest BCUT2D eigenvalue weighted by Gasteiger charge is 2.20. The van der Waals surface area contributed by atoms with E-state index in [9.17, 15) is 14.4 Å². The van der Waals surface area contributed by atoms with E-state index in [-0.39, 0.29) is 29.4 Å². The summed E-state index contributed by atoms with van der Waals surface area (Å²) in [4.78, 5) is 39.1. The molecule has 7 heteroatoms. The van der Waals surface area contributed by atoms with Crippen molar-refractivity contribution in [3.8, 4) is 0 Å². The number of carbonyl (C=O) groups is 3. The number of amides is 2. The molecule has 0 aliphatic carbocycles. The van der Waals surface area contributed by atoms with E-state index in [1.54, 1.807) is 6.92 Å². The first-order chi connectivity index (χ1) is 13.5. The number of likely N-dealkylation sites (N-methyl/N-ethyl adjacent to an activating group) is 1. The van der Waals surface area contributed by atoms with Crippen molar-refractivity contribution < 1.29 is 19.1 Å². The van der Waals surface area contributed by atoms with Crippen LogP contribution in [0.15, 0.2) is 0 Å². The lowest BCUT2D eigenvalue weighted by Crippen LogP contribution is -2.48. The third-order valence-corrected chi connectivity index (χ3v) is 4.94. The van der Waals surface area contributed by atoms with Crippen molar-refractivity contribution in [3.63, 3.8) is 0 Å². The lowest BCUT2D eigenvalue weighted by molar-refractivity contribution is -0.138. The van der Waals surface area contributed by atoms with Crippen LogP contribution in [-0.4, -0.2) is 91.8 Å². The molecule has 2 rings (SSSR count). The standard InChI is InChI=1S/C9H18N2O.C8H15NO2.C5H10O/c1-8(2)9(12)11-6-4-10(3)5-7-11;1-7(2)8(10)9-3-5-11-6-4-9;1-4(2)5(3)6/h8H,4-7H2,1-3H3;7H,3-6H2,1-2H3;4H,1-3H3. The Balaban J connectivity index is 0.000000430. The first-order valence-corrected chi connectivity index (χ1v) is 10.8. The van der Waals surface area contributed by atoms with Gasteiger partial charge < -0.3 is 19.4 Å². The monoisotopic (exact) mass is 413 g/mol. The summed E-state index contributed by atoms with van der Waals surface area (Å²) in [5.74, 6) is 1.28. The fraction of sp³-hybridized carbons (Fsp3) is 0.864. The minimum absolute atomic E-state index is 0.119. The molecule has 2 saturated heterocycles. The normalized spacial score (nSPS) is 17.5. The Morgan fingerprint density at radius 2 is 1.00 bits per heavy atom. The smallest absolute Gasteiger partial charge is 0.225 e. The minimum Gasteiger partial charge on any atom is -0.378 e. The number of hydrogen-bond acceptors (Lipinski definition) is 5. The topological polar surface area (TPSA) is 70.2 Å². The molecule has 0 bridgehead atoms. The van der Waals surface area contributed by atoms with E-state index in [4.69, 9.17) is 4.74 Å². The maximum Gasteiger partial charge on any atom is 0.225 e. The van der Waals surface area contributed by atoms with Gasteiger partial charge in [-0.3, -0.25) is 14.4 Å². The number of Topliss-reactive ketones (excluding diaryl/α,β-unsaturated/α-hetero) is 1. The van der Waals surface area contributed by atoms with E-state index in [1.807, 2.05) is 51.3 Å². The predicted molar refractivity (Wildman–Crippen MR) is 117 cm³/mol. The first kappa shape index (κ1) is 27.5. The molecule has 7 nitrogen and oxygen atoms in total. The molecule has 0 aromatic carbocycles. The van der Waals surface area contributed by atoms with Gasteiger partial charge in [-0.25, -0.2) is 0 Å². The second-order valence-corrected chi connectivity index (χ2v) is 8.64. The molecule has 29 heavy (non-hydrogen) atoms. The third-order valence-electron chi connectivity index (χ3n) is 4.94. The highest BCUT2D eigenvalue weighted by Crippen LogP contribution is 2.05. The number of morpholine rings is 1. The molecule has 0 saturated carbocycles. The van der Waals surface area contributed by atoms with E-state index in [0.717, 1.165) is 39.3 Å². The maximum absolute atomic E-state index is 11.5. The van der Waals surface area contributed by atoms with Crippen LogP contribution in [0, 0.1) is 17.8 Å². The largest absolute Gasteiger partial charge is 0.378 e. The molecule has 2 amide bonds. The Morgan fingerprint density at radius 1 is 0.655 bits per heavy atom. The molecule has 2 heterocycles. The van der Waals surface area contributed by atoms with Crippen molar-refractivity contribution >= 4 is 17.6 Å². The average Bonchev–Trinajstić information content (AvgIpc) is 2.68. The van der Waals surface area contributed by atoms with Gasteiger partial charge in [-0.1, -0.05) is 41.5 Å². The van der Waals surface area contributed by atoms with Gasteiger partial charge >= 0.3 is 0 Å². The lowest BCUT2D eigenvalue weighted by Gasteiger charge is -2.33. The third kappa shape index (κ3) is 12.0. The predicted octanol–water partition coefficient (Wildman–Crippen LogP) is 2.15. The van der Waals surface area contributed by atoms with Crippen LogP contribution in [-0.2, 0) is 19.1 Å². The molecule has 0 aromatic rings. The summed E-state index contributed by atoms with van der Waals surface area (Å²) in [5, 5.41) is 0. The van der Waals surface area contributed by atoms with Gasteiger partial charge in [0, 0.05) is 57.0 Å². The molecular weight excluding hydrogens is 370 g/mol. The molecule has 170 valence electrons. The van der Waals surface area contributed by atoms with Gasteiger partial charge in [0.05, 0.1) is 13.2 Å². The molecule has 2 aliphatic heterocycles. The van der Waals surface area contributed by atoms with E-state index in [1.165, 1.54) is 0 Å². The van der Waals surface area contributed by atoms with Gasteiger partial charge in [0.2, 0.25) is 11.8 Å². The van der Waals surface area contributed by atoms with E-state index < -0.39 is 0 Å². The van der Waals surface area contributed by atoms with Crippen LogP contribution in [0.4, 0.5) is 0 Å². The van der Waals surface area contributed by atoms with Crippen molar-refractivity contribution in [2.45, 2.75) is 48.5 Å². The second-order valence-electron chi connectivity index (χ2n) is 8.64.